The van der Waals surface area contributed by atoms with E-state index >= 15 is 0 Å². The summed E-state index contributed by atoms with van der Waals surface area (Å²) in [6.07, 6.45) is 8.29. The fourth-order valence-corrected chi connectivity index (χ4v) is 6.16. The van der Waals surface area contributed by atoms with Crippen molar-refractivity contribution in [3.05, 3.63) is 90.1 Å². The van der Waals surface area contributed by atoms with E-state index in [1.165, 1.54) is 7.11 Å². The van der Waals surface area contributed by atoms with Crippen LogP contribution in [0.15, 0.2) is 18.0 Å². The molecule has 8 nitrogen and oxygen atoms in total. The minimum absolute atomic E-state index is 0. The second kappa shape index (κ2) is 10.1. The van der Waals surface area contributed by atoms with Crippen LogP contribution in [-0.2, 0) is 16.0 Å². The molecule has 3 aromatic heterocycles. The Kier molecular flexibility index (Phi) is 7.12. The third-order valence-electron chi connectivity index (χ3n) is 8.42. The van der Waals surface area contributed by atoms with Crippen LogP contribution < -0.4 is 25.7 Å². The van der Waals surface area contributed by atoms with Crippen LogP contribution in [0.25, 0.3) is 35.2 Å². The third kappa shape index (κ3) is 4.21. The smallest absolute Gasteiger partial charge is 0.662 e. The predicted molar refractivity (Wildman–Crippen MR) is 158 cm³/mol. The number of methoxy groups -OCH3 is 1. The SMILES string of the molecule is C=Cc1c2[n-]c(c1C)/C=C1\[N-]/C(=C3\c4[n-]c(c(C)c4C(=O)[C@@H]3C(=O)OC)/C=c3\[n-]/c(c(C)c3CC)=C\2)C[C@@]1(C)O.[Mg+2]. The number of nitrogens with zero attached hydrogens (tertiary/aromatic N) is 4. The second-order valence-corrected chi connectivity index (χ2v) is 10.9. The summed E-state index contributed by atoms with van der Waals surface area (Å²) in [4.78, 5) is 41.4. The molecule has 0 amide bonds. The van der Waals surface area contributed by atoms with E-state index in [9.17, 15) is 14.7 Å². The maximum atomic E-state index is 13.7. The van der Waals surface area contributed by atoms with E-state index in [-0.39, 0.29) is 35.3 Å². The standard InChI is InChI=1S/C32H31N4O4.Mg/c1-8-17-14(3)19-10-22-18(9-2)15(4)21(34-22)12-25-32(6,39)13-24(35-25)27-28(31(38)40-7)30(37)26-16(5)20(36-29(26)27)11-23(17)33-19;/h9-12,28,39H,2,8,13H2,1,3-7H3,(H-,35,36,37);/q-3;+2/p-1/b19-10-,23-11-,25-12-;/t28-,32-;/m1./s1. The Morgan fingerprint density at radius 2 is 1.76 bits per heavy atom. The summed E-state index contributed by atoms with van der Waals surface area (Å²) in [6, 6.07) is 0. The van der Waals surface area contributed by atoms with E-state index in [1.807, 2.05) is 32.9 Å². The molecule has 3 aromatic rings. The fraction of sp³-hybridized carbons (Fsp3) is 0.312. The van der Waals surface area contributed by atoms with Crippen LogP contribution in [0.4, 0.5) is 0 Å². The number of esters is 1. The van der Waals surface area contributed by atoms with Gasteiger partial charge in [-0.05, 0) is 46.1 Å². The molecular formula is C32H30MgN4O4-2. The van der Waals surface area contributed by atoms with Crippen molar-refractivity contribution in [3.8, 4) is 0 Å². The molecular weight excluding hydrogens is 529 g/mol. The first-order chi connectivity index (χ1) is 19.0. The fourth-order valence-electron chi connectivity index (χ4n) is 6.16. The summed E-state index contributed by atoms with van der Waals surface area (Å²) in [7, 11) is 1.26. The number of hydrogen-bond donors (Lipinski definition) is 1. The molecule has 9 heteroatoms. The summed E-state index contributed by atoms with van der Waals surface area (Å²) >= 11 is 0. The summed E-state index contributed by atoms with van der Waals surface area (Å²) < 4.78 is 5.04. The Hall–Kier alpha value is -3.53. The largest absolute Gasteiger partial charge is 2.00 e. The monoisotopic (exact) mass is 558 g/mol. The van der Waals surface area contributed by atoms with Crippen molar-refractivity contribution in [1.29, 1.82) is 0 Å². The quantitative estimate of drug-likeness (QED) is 0.298. The van der Waals surface area contributed by atoms with E-state index in [4.69, 9.17) is 25.0 Å². The summed E-state index contributed by atoms with van der Waals surface area (Å²) in [6.45, 7) is 13.6. The molecule has 0 saturated carbocycles. The molecule has 2 aliphatic heterocycles. The zero-order valence-corrected chi connectivity index (χ0v) is 25.6. The van der Waals surface area contributed by atoms with Crippen molar-refractivity contribution >= 4 is 64.7 Å². The van der Waals surface area contributed by atoms with Crippen LogP contribution in [0.1, 0.15) is 81.2 Å². The molecule has 0 radical (unpaired) electrons. The molecule has 0 unspecified atom stereocenters. The van der Waals surface area contributed by atoms with Crippen molar-refractivity contribution in [2.75, 3.05) is 7.11 Å². The van der Waals surface area contributed by atoms with Crippen molar-refractivity contribution in [1.82, 2.24) is 15.0 Å². The van der Waals surface area contributed by atoms with Gasteiger partial charge in [0.15, 0.2) is 5.78 Å². The average molecular weight is 559 g/mol. The first kappa shape index (κ1) is 29.0. The van der Waals surface area contributed by atoms with Gasteiger partial charge in [-0.2, -0.15) is 5.70 Å². The minimum atomic E-state index is -1.35. The van der Waals surface area contributed by atoms with E-state index in [1.54, 1.807) is 19.1 Å². The zero-order chi connectivity index (χ0) is 28.7. The van der Waals surface area contributed by atoms with Gasteiger partial charge in [-0.1, -0.05) is 65.6 Å². The van der Waals surface area contributed by atoms with E-state index < -0.39 is 17.5 Å². The maximum absolute atomic E-state index is 13.7. The number of fused-ring (bicyclic) bond motifs is 7. The van der Waals surface area contributed by atoms with Gasteiger partial charge in [0.1, 0.15) is 5.92 Å². The Morgan fingerprint density at radius 3 is 2.41 bits per heavy atom. The number of carbonyl (C=O) groups is 2. The topological polar surface area (TPSA) is 120 Å². The summed E-state index contributed by atoms with van der Waals surface area (Å²) in [5, 5.41) is 17.8. The Morgan fingerprint density at radius 1 is 1.07 bits per heavy atom. The molecule has 41 heavy (non-hydrogen) atoms. The molecule has 1 aliphatic carbocycles. The average Bonchev–Trinajstić information content (AvgIpc) is 3.64. The van der Waals surface area contributed by atoms with E-state index in [2.05, 4.69) is 13.5 Å². The Bertz CT molecular complexity index is 1840. The molecule has 8 bridgehead atoms. The normalized spacial score (nSPS) is 25.3. The predicted octanol–water partition coefficient (Wildman–Crippen LogP) is 2.55. The number of ether oxygens (including phenoxy) is 1. The van der Waals surface area contributed by atoms with Gasteiger partial charge in [0.05, 0.1) is 12.7 Å². The molecule has 0 spiro atoms. The molecule has 1 saturated heterocycles. The van der Waals surface area contributed by atoms with Gasteiger partial charge in [-0.25, -0.2) is 0 Å². The minimum Gasteiger partial charge on any atom is -0.662 e. The second-order valence-electron chi connectivity index (χ2n) is 10.9. The van der Waals surface area contributed by atoms with Crippen LogP contribution >= 0.6 is 0 Å². The number of rotatable bonds is 3. The number of hydrogen-bond acceptors (Lipinski definition) is 4. The van der Waals surface area contributed by atoms with E-state index in [0.29, 0.717) is 45.2 Å². The Labute approximate surface area is 254 Å². The maximum Gasteiger partial charge on any atom is 2.00 e. The molecule has 5 heterocycles. The van der Waals surface area contributed by atoms with Crippen LogP contribution in [0.2, 0.25) is 0 Å². The first-order valence-electron chi connectivity index (χ1n) is 13.3. The van der Waals surface area contributed by atoms with Crippen molar-refractivity contribution in [3.63, 3.8) is 0 Å². The van der Waals surface area contributed by atoms with Crippen LogP contribution in [0.5, 0.6) is 0 Å². The van der Waals surface area contributed by atoms with Gasteiger partial charge in [-0.15, -0.1) is 39.2 Å². The molecule has 1 N–H and O–H groups in total. The van der Waals surface area contributed by atoms with Crippen LogP contribution in [-0.4, -0.2) is 52.6 Å². The van der Waals surface area contributed by atoms with Gasteiger partial charge < -0.3 is 30.1 Å². The number of Topliss-reactive ketones (excluding diaryl/α,β-unsaturated/α-hetero) is 1. The number of carbonyl (C=O) groups excluding carboxylic acids is 2. The number of aromatic nitrogens is 3. The van der Waals surface area contributed by atoms with Gasteiger partial charge in [0.2, 0.25) is 0 Å². The Balaban J connectivity index is 0.00000337. The molecule has 1 fully saturated rings. The van der Waals surface area contributed by atoms with Gasteiger partial charge >= 0.3 is 29.0 Å². The molecule has 6 rings (SSSR count). The van der Waals surface area contributed by atoms with E-state index in [0.717, 1.165) is 45.1 Å². The summed E-state index contributed by atoms with van der Waals surface area (Å²) in [5.74, 6) is -2.23. The number of aliphatic hydroxyl groups is 1. The zero-order valence-electron chi connectivity index (χ0n) is 24.2. The van der Waals surface area contributed by atoms with Crippen LogP contribution in [0.3, 0.4) is 0 Å². The first-order valence-corrected chi connectivity index (χ1v) is 13.3. The molecule has 206 valence electrons. The molecule has 0 aromatic carbocycles. The van der Waals surface area contributed by atoms with Crippen molar-refractivity contribution in [2.24, 2.45) is 5.92 Å². The molecule has 2 atom stereocenters. The third-order valence-corrected chi connectivity index (χ3v) is 8.42. The van der Waals surface area contributed by atoms with Gasteiger partial charge in [0.25, 0.3) is 0 Å². The van der Waals surface area contributed by atoms with Crippen molar-refractivity contribution in [2.45, 2.75) is 53.1 Å². The molecule has 3 aliphatic rings. The van der Waals surface area contributed by atoms with Crippen LogP contribution in [0, 0.1) is 26.7 Å². The van der Waals surface area contributed by atoms with Crippen molar-refractivity contribution < 1.29 is 19.4 Å². The number of ketones is 1. The van der Waals surface area contributed by atoms with Gasteiger partial charge in [0, 0.05) is 5.56 Å². The summed E-state index contributed by atoms with van der Waals surface area (Å²) in [5.41, 5.74) is 7.28. The van der Waals surface area contributed by atoms with Gasteiger partial charge in [-0.3, -0.25) is 9.59 Å².